The number of benzene rings is 2. The van der Waals surface area contributed by atoms with Gasteiger partial charge in [-0.15, -0.1) is 0 Å². The van der Waals surface area contributed by atoms with Crippen LogP contribution in [-0.4, -0.2) is 62.8 Å². The Labute approximate surface area is 182 Å². The van der Waals surface area contributed by atoms with Gasteiger partial charge in [0.15, 0.2) is 0 Å². The van der Waals surface area contributed by atoms with Crippen LogP contribution in [0.1, 0.15) is 23.2 Å². The second kappa shape index (κ2) is 8.80. The molecule has 4 rings (SSSR count). The number of sulfonamides is 1. The Bertz CT molecular complexity index is 1070. The highest BCUT2D eigenvalue weighted by molar-refractivity contribution is 7.89. The summed E-state index contributed by atoms with van der Waals surface area (Å²) in [5.74, 6) is -0.445. The second-order valence-electron chi connectivity index (χ2n) is 7.94. The zero-order valence-electron chi connectivity index (χ0n) is 17.3. The molecule has 0 bridgehead atoms. The van der Waals surface area contributed by atoms with E-state index >= 15 is 0 Å². The molecule has 0 atom stereocenters. The number of hydrogen-bond acceptors (Lipinski definition) is 4. The molecule has 0 spiro atoms. The molecule has 2 aromatic rings. The lowest BCUT2D eigenvalue weighted by molar-refractivity contribution is 0.0743. The smallest absolute Gasteiger partial charge is 0.253 e. The van der Waals surface area contributed by atoms with E-state index in [4.69, 9.17) is 0 Å². The molecule has 2 aliphatic rings. The largest absolute Gasteiger partial charge is 0.369 e. The number of amides is 1. The third-order valence-electron chi connectivity index (χ3n) is 5.91. The van der Waals surface area contributed by atoms with Gasteiger partial charge in [0.1, 0.15) is 5.82 Å². The zero-order chi connectivity index (χ0) is 22.0. The van der Waals surface area contributed by atoms with Gasteiger partial charge in [0.25, 0.3) is 5.91 Å². The van der Waals surface area contributed by atoms with Crippen LogP contribution < -0.4 is 4.90 Å². The first-order valence-electron chi connectivity index (χ1n) is 10.4. The van der Waals surface area contributed by atoms with Gasteiger partial charge in [0, 0.05) is 50.5 Å². The van der Waals surface area contributed by atoms with Gasteiger partial charge in [-0.1, -0.05) is 18.2 Å². The molecule has 1 amide bonds. The molecule has 0 aromatic heterocycles. The lowest BCUT2D eigenvalue weighted by Gasteiger charge is -2.35. The Morgan fingerprint density at radius 2 is 1.55 bits per heavy atom. The molecule has 0 radical (unpaired) electrons. The van der Waals surface area contributed by atoms with Gasteiger partial charge in [0.05, 0.1) is 4.90 Å². The van der Waals surface area contributed by atoms with Crippen molar-refractivity contribution >= 4 is 21.6 Å². The van der Waals surface area contributed by atoms with Crippen LogP contribution in [-0.2, 0) is 10.0 Å². The average molecular weight is 444 g/mol. The predicted molar refractivity (Wildman–Crippen MR) is 118 cm³/mol. The number of carbonyl (C=O) groups excluding carboxylic acids is 1. The minimum Gasteiger partial charge on any atom is -0.369 e. The molecular weight excluding hydrogens is 417 g/mol. The van der Waals surface area contributed by atoms with Crippen LogP contribution in [0.5, 0.6) is 0 Å². The molecule has 0 N–H and O–H groups in total. The summed E-state index contributed by atoms with van der Waals surface area (Å²) >= 11 is 0. The van der Waals surface area contributed by atoms with Crippen molar-refractivity contribution in [3.8, 4) is 0 Å². The van der Waals surface area contributed by atoms with Crippen LogP contribution in [0.25, 0.3) is 0 Å². The Morgan fingerprint density at radius 3 is 2.19 bits per heavy atom. The van der Waals surface area contributed by atoms with E-state index in [0.717, 1.165) is 24.1 Å². The maximum atomic E-state index is 13.2. The van der Waals surface area contributed by atoms with E-state index in [2.05, 4.69) is 6.58 Å². The number of likely N-dealkylation sites (tertiary alicyclic amines) is 1. The van der Waals surface area contributed by atoms with Gasteiger partial charge < -0.3 is 9.80 Å². The highest BCUT2D eigenvalue weighted by atomic mass is 32.2. The van der Waals surface area contributed by atoms with Crippen LogP contribution in [0.2, 0.25) is 0 Å². The van der Waals surface area contributed by atoms with Crippen LogP contribution >= 0.6 is 0 Å². The van der Waals surface area contributed by atoms with Crippen molar-refractivity contribution in [3.63, 3.8) is 0 Å². The van der Waals surface area contributed by atoms with Gasteiger partial charge in [-0.2, -0.15) is 4.31 Å². The van der Waals surface area contributed by atoms with Crippen LogP contribution in [0, 0.1) is 5.82 Å². The summed E-state index contributed by atoms with van der Waals surface area (Å²) in [6.07, 6.45) is 1.56. The number of piperidine rings is 1. The lowest BCUT2D eigenvalue weighted by Crippen LogP contribution is -2.48. The number of halogens is 1. The van der Waals surface area contributed by atoms with Crippen LogP contribution in [0.4, 0.5) is 10.1 Å². The topological polar surface area (TPSA) is 60.9 Å². The number of hydrogen-bond donors (Lipinski definition) is 0. The van der Waals surface area contributed by atoms with E-state index in [1.165, 1.54) is 28.6 Å². The Morgan fingerprint density at radius 1 is 0.903 bits per heavy atom. The predicted octanol–water partition coefficient (Wildman–Crippen LogP) is 3.13. The van der Waals surface area contributed by atoms with Gasteiger partial charge in [-0.3, -0.25) is 4.79 Å². The van der Waals surface area contributed by atoms with Crippen LogP contribution in [0.15, 0.2) is 65.6 Å². The molecule has 6 nitrogen and oxygen atoms in total. The van der Waals surface area contributed by atoms with Crippen molar-refractivity contribution in [3.05, 3.63) is 72.1 Å². The molecule has 0 aliphatic carbocycles. The number of piperazine rings is 1. The summed E-state index contributed by atoms with van der Waals surface area (Å²) in [5.41, 5.74) is 2.40. The van der Waals surface area contributed by atoms with Gasteiger partial charge in [0.2, 0.25) is 10.0 Å². The lowest BCUT2D eigenvalue weighted by atomic mass is 10.0. The fourth-order valence-corrected chi connectivity index (χ4v) is 5.45. The fourth-order valence-electron chi connectivity index (χ4n) is 3.99. The van der Waals surface area contributed by atoms with E-state index in [-0.39, 0.29) is 16.6 Å². The summed E-state index contributed by atoms with van der Waals surface area (Å²) in [4.78, 5) is 16.8. The second-order valence-corrected chi connectivity index (χ2v) is 9.88. The van der Waals surface area contributed by atoms with Crippen molar-refractivity contribution in [2.75, 3.05) is 44.2 Å². The van der Waals surface area contributed by atoms with E-state index in [1.54, 1.807) is 29.2 Å². The van der Waals surface area contributed by atoms with E-state index < -0.39 is 10.0 Å². The fraction of sp³-hybridized carbons (Fsp3) is 0.348. The number of carbonyl (C=O) groups is 1. The molecule has 2 heterocycles. The maximum Gasteiger partial charge on any atom is 0.253 e. The maximum absolute atomic E-state index is 13.2. The molecule has 2 aromatic carbocycles. The zero-order valence-corrected chi connectivity index (χ0v) is 18.2. The van der Waals surface area contributed by atoms with E-state index in [0.29, 0.717) is 44.8 Å². The monoisotopic (exact) mass is 443 g/mol. The minimum atomic E-state index is -3.71. The summed E-state index contributed by atoms with van der Waals surface area (Å²) in [7, 11) is -3.71. The highest BCUT2D eigenvalue weighted by Gasteiger charge is 2.29. The molecular formula is C23H26FN3O3S. The Balaban J connectivity index is 1.45. The van der Waals surface area contributed by atoms with E-state index in [1.807, 2.05) is 4.90 Å². The minimum absolute atomic E-state index is 0.134. The highest BCUT2D eigenvalue weighted by Crippen LogP contribution is 2.23. The van der Waals surface area contributed by atoms with Crippen molar-refractivity contribution in [1.29, 1.82) is 0 Å². The third-order valence-corrected chi connectivity index (χ3v) is 7.80. The van der Waals surface area contributed by atoms with Crippen molar-refractivity contribution in [2.24, 2.45) is 0 Å². The Kier molecular flexibility index (Phi) is 6.11. The SMILES string of the molecule is C=C1CCN(C(=O)c2cccc(S(=O)(=O)N3CCN(c4ccc(F)cc4)CC3)c2)CC1. The molecule has 164 valence electrons. The van der Waals surface area contributed by atoms with E-state index in [9.17, 15) is 17.6 Å². The Hall–Kier alpha value is -2.71. The van der Waals surface area contributed by atoms with Gasteiger partial charge in [-0.25, -0.2) is 12.8 Å². The standard InChI is InChI=1S/C23H26FN3O3S/c1-18-9-11-26(12-10-18)23(28)19-3-2-4-22(17-19)31(29,30)27-15-13-25(14-16-27)21-7-5-20(24)6-8-21/h2-8,17H,1,9-16H2. The van der Waals surface area contributed by atoms with Crippen LogP contribution in [0.3, 0.4) is 0 Å². The third kappa shape index (κ3) is 4.65. The quantitative estimate of drug-likeness (QED) is 0.682. The molecule has 0 saturated carbocycles. The number of nitrogens with zero attached hydrogens (tertiary/aromatic N) is 3. The average Bonchev–Trinajstić information content (AvgIpc) is 2.80. The molecule has 0 unspecified atom stereocenters. The van der Waals surface area contributed by atoms with Gasteiger partial charge in [-0.05, 0) is 55.3 Å². The van der Waals surface area contributed by atoms with Crippen molar-refractivity contribution in [2.45, 2.75) is 17.7 Å². The van der Waals surface area contributed by atoms with Crippen molar-refractivity contribution in [1.82, 2.24) is 9.21 Å². The van der Waals surface area contributed by atoms with Crippen molar-refractivity contribution < 1.29 is 17.6 Å². The van der Waals surface area contributed by atoms with Gasteiger partial charge >= 0.3 is 0 Å². The summed E-state index contributed by atoms with van der Waals surface area (Å²) in [6.45, 7) is 6.87. The molecule has 31 heavy (non-hydrogen) atoms. The molecule has 2 saturated heterocycles. The summed E-state index contributed by atoms with van der Waals surface area (Å²) in [6, 6.07) is 12.5. The summed E-state index contributed by atoms with van der Waals surface area (Å²) in [5, 5.41) is 0. The first-order valence-corrected chi connectivity index (χ1v) is 11.9. The first-order chi connectivity index (χ1) is 14.8. The first kappa shape index (κ1) is 21.5. The number of rotatable bonds is 4. The molecule has 2 aliphatic heterocycles. The molecule has 2 fully saturated rings. The summed E-state index contributed by atoms with van der Waals surface area (Å²) < 4.78 is 41.0. The molecule has 8 heteroatoms. The normalized spacial score (nSPS) is 18.3. The number of anilines is 1.